The molecule has 0 bridgehead atoms. The molecule has 0 aliphatic heterocycles. The van der Waals surface area contributed by atoms with Gasteiger partial charge in [-0.1, -0.05) is 29.0 Å². The number of thiazole rings is 1. The Morgan fingerprint density at radius 3 is 2.91 bits per heavy atom. The van der Waals surface area contributed by atoms with Crippen molar-refractivity contribution in [3.8, 4) is 6.07 Å². The number of anilines is 2. The molecule has 0 fully saturated rings. The largest absolute Gasteiger partial charge is 0.325 e. The van der Waals surface area contributed by atoms with Crippen molar-refractivity contribution in [2.45, 2.75) is 0 Å². The number of urea groups is 1. The number of benzene rings is 1. The second kappa shape index (κ2) is 5.97. The second-order valence-electron chi connectivity index (χ2n) is 4.25. The van der Waals surface area contributed by atoms with Gasteiger partial charge < -0.3 is 5.32 Å². The lowest BCUT2D eigenvalue weighted by Gasteiger charge is -2.05. The number of nitrogens with one attached hydrogen (secondary N) is 2. The molecule has 0 aliphatic carbocycles. The molecule has 0 atom stereocenters. The van der Waals surface area contributed by atoms with Crippen LogP contribution in [0.2, 0.25) is 5.15 Å². The molecule has 2 amide bonds. The van der Waals surface area contributed by atoms with E-state index in [9.17, 15) is 4.79 Å². The molecule has 0 radical (unpaired) electrons. The molecule has 1 aromatic carbocycles. The quantitative estimate of drug-likeness (QED) is 0.698. The maximum atomic E-state index is 11.9. The van der Waals surface area contributed by atoms with E-state index in [-0.39, 0.29) is 0 Å². The van der Waals surface area contributed by atoms with Crippen LogP contribution in [0.1, 0.15) is 5.56 Å². The van der Waals surface area contributed by atoms with Gasteiger partial charge in [-0.25, -0.2) is 14.8 Å². The van der Waals surface area contributed by atoms with Crippen molar-refractivity contribution in [3.63, 3.8) is 0 Å². The summed E-state index contributed by atoms with van der Waals surface area (Å²) in [5.74, 6) is 0. The lowest BCUT2D eigenvalue weighted by Crippen LogP contribution is -2.19. The first-order valence-electron chi connectivity index (χ1n) is 6.15. The van der Waals surface area contributed by atoms with Crippen LogP contribution in [0.25, 0.3) is 10.3 Å². The minimum atomic E-state index is -0.444. The number of pyridine rings is 1. The van der Waals surface area contributed by atoms with Gasteiger partial charge in [-0.2, -0.15) is 5.26 Å². The molecular weight excluding hydrogens is 322 g/mol. The Morgan fingerprint density at radius 1 is 1.23 bits per heavy atom. The number of halogens is 1. The van der Waals surface area contributed by atoms with Crippen molar-refractivity contribution in [2.75, 3.05) is 10.6 Å². The van der Waals surface area contributed by atoms with E-state index in [0.717, 1.165) is 0 Å². The number of carbonyl (C=O) groups is 1. The molecule has 0 saturated heterocycles. The zero-order chi connectivity index (χ0) is 15.5. The Labute approximate surface area is 134 Å². The molecule has 2 aromatic heterocycles. The Kier molecular flexibility index (Phi) is 3.87. The summed E-state index contributed by atoms with van der Waals surface area (Å²) >= 11 is 7.04. The van der Waals surface area contributed by atoms with Gasteiger partial charge in [0, 0.05) is 5.69 Å². The summed E-state index contributed by atoms with van der Waals surface area (Å²) in [7, 11) is 0. The van der Waals surface area contributed by atoms with E-state index < -0.39 is 6.03 Å². The van der Waals surface area contributed by atoms with Crippen molar-refractivity contribution >= 4 is 50.1 Å². The van der Waals surface area contributed by atoms with E-state index in [4.69, 9.17) is 16.9 Å². The van der Waals surface area contributed by atoms with Crippen LogP contribution in [0, 0.1) is 11.3 Å². The van der Waals surface area contributed by atoms with Gasteiger partial charge in [-0.15, -0.1) is 0 Å². The Bertz CT molecular complexity index is 902. The van der Waals surface area contributed by atoms with Crippen molar-refractivity contribution in [1.82, 2.24) is 9.97 Å². The maximum Gasteiger partial charge on any atom is 0.325 e. The first kappa shape index (κ1) is 14.3. The highest BCUT2D eigenvalue weighted by Gasteiger charge is 2.09. The van der Waals surface area contributed by atoms with Gasteiger partial charge in [0.15, 0.2) is 5.13 Å². The zero-order valence-electron chi connectivity index (χ0n) is 11.0. The van der Waals surface area contributed by atoms with Gasteiger partial charge in [-0.05, 0) is 30.3 Å². The van der Waals surface area contributed by atoms with E-state index >= 15 is 0 Å². The summed E-state index contributed by atoms with van der Waals surface area (Å²) in [5, 5.41) is 14.9. The Morgan fingerprint density at radius 2 is 2.09 bits per heavy atom. The number of nitriles is 1. The number of hydrogen-bond acceptors (Lipinski definition) is 5. The van der Waals surface area contributed by atoms with Crippen molar-refractivity contribution in [2.24, 2.45) is 0 Å². The molecule has 6 nitrogen and oxygen atoms in total. The Balaban J connectivity index is 1.74. The maximum absolute atomic E-state index is 11.9. The third-order valence-electron chi connectivity index (χ3n) is 2.69. The topological polar surface area (TPSA) is 90.7 Å². The summed E-state index contributed by atoms with van der Waals surface area (Å²) in [6.45, 7) is 0. The SMILES string of the molecule is N#Cc1cccc(NC(=O)Nc2nc3ccc(Cl)nc3s2)c1. The zero-order valence-corrected chi connectivity index (χ0v) is 12.6. The lowest BCUT2D eigenvalue weighted by molar-refractivity contribution is 0.262. The minimum absolute atomic E-state index is 0.375. The second-order valence-corrected chi connectivity index (χ2v) is 5.61. The van der Waals surface area contributed by atoms with Crippen LogP contribution in [0.3, 0.4) is 0 Å². The highest BCUT2D eigenvalue weighted by Crippen LogP contribution is 2.25. The fraction of sp³-hybridized carbons (Fsp3) is 0. The average Bonchev–Trinajstić information content (AvgIpc) is 2.88. The van der Waals surface area contributed by atoms with E-state index in [1.807, 2.05) is 6.07 Å². The summed E-state index contributed by atoms with van der Waals surface area (Å²) in [4.78, 5) is 21.0. The van der Waals surface area contributed by atoms with Crippen LogP contribution in [0.5, 0.6) is 0 Å². The number of fused-ring (bicyclic) bond motifs is 1. The fourth-order valence-electron chi connectivity index (χ4n) is 1.77. The van der Waals surface area contributed by atoms with Crippen molar-refractivity contribution in [3.05, 3.63) is 47.1 Å². The van der Waals surface area contributed by atoms with E-state index in [0.29, 0.717) is 31.9 Å². The third-order valence-corrected chi connectivity index (χ3v) is 3.78. The molecule has 3 rings (SSSR count). The Hall–Kier alpha value is -2.69. The minimum Gasteiger partial charge on any atom is -0.308 e. The fourth-order valence-corrected chi connectivity index (χ4v) is 2.80. The van der Waals surface area contributed by atoms with E-state index in [1.54, 1.807) is 36.4 Å². The van der Waals surface area contributed by atoms with Crippen LogP contribution in [0.4, 0.5) is 15.6 Å². The number of carbonyl (C=O) groups excluding carboxylic acids is 1. The number of rotatable bonds is 2. The van der Waals surface area contributed by atoms with Crippen molar-refractivity contribution < 1.29 is 4.79 Å². The molecule has 3 aromatic rings. The summed E-state index contributed by atoms with van der Waals surface area (Å²) in [6.07, 6.45) is 0. The van der Waals surface area contributed by atoms with Crippen molar-refractivity contribution in [1.29, 1.82) is 5.26 Å². The van der Waals surface area contributed by atoms with Gasteiger partial charge >= 0.3 is 6.03 Å². The lowest BCUT2D eigenvalue weighted by atomic mass is 10.2. The highest BCUT2D eigenvalue weighted by atomic mass is 35.5. The van der Waals surface area contributed by atoms with E-state index in [2.05, 4.69) is 20.6 Å². The number of amides is 2. The average molecular weight is 330 g/mol. The molecule has 22 heavy (non-hydrogen) atoms. The highest BCUT2D eigenvalue weighted by molar-refractivity contribution is 7.22. The number of hydrogen-bond donors (Lipinski definition) is 2. The standard InChI is InChI=1S/C14H8ClN5OS/c15-11-5-4-10-12(19-11)22-14(18-10)20-13(21)17-9-3-1-2-8(6-9)7-16/h1-6H,(H2,17,18,20,21). The smallest absolute Gasteiger partial charge is 0.308 e. The third kappa shape index (κ3) is 3.14. The molecular formula is C14H8ClN5OS. The number of aromatic nitrogens is 2. The molecule has 0 unspecified atom stereocenters. The predicted molar refractivity (Wildman–Crippen MR) is 86.2 cm³/mol. The van der Waals surface area contributed by atoms with E-state index in [1.165, 1.54) is 11.3 Å². The first-order chi connectivity index (χ1) is 10.6. The monoisotopic (exact) mass is 329 g/mol. The first-order valence-corrected chi connectivity index (χ1v) is 7.35. The van der Waals surface area contributed by atoms with Gasteiger partial charge in [0.1, 0.15) is 15.5 Å². The van der Waals surface area contributed by atoms with Crippen LogP contribution in [-0.2, 0) is 0 Å². The van der Waals surface area contributed by atoms with Crippen LogP contribution >= 0.6 is 22.9 Å². The van der Waals surface area contributed by atoms with Crippen LogP contribution in [0.15, 0.2) is 36.4 Å². The van der Waals surface area contributed by atoms with Crippen LogP contribution in [-0.4, -0.2) is 16.0 Å². The molecule has 0 spiro atoms. The van der Waals surface area contributed by atoms with Gasteiger partial charge in [-0.3, -0.25) is 5.32 Å². The normalized spacial score (nSPS) is 10.2. The van der Waals surface area contributed by atoms with Gasteiger partial charge in [0.05, 0.1) is 11.6 Å². The van der Waals surface area contributed by atoms with Gasteiger partial charge in [0.25, 0.3) is 0 Å². The summed E-state index contributed by atoms with van der Waals surface area (Å²) in [6, 6.07) is 11.6. The predicted octanol–water partition coefficient (Wildman–Crippen LogP) is 3.86. The molecule has 2 N–H and O–H groups in total. The van der Waals surface area contributed by atoms with Crippen LogP contribution < -0.4 is 10.6 Å². The number of nitrogens with zero attached hydrogens (tertiary/aromatic N) is 3. The summed E-state index contributed by atoms with van der Waals surface area (Å²) in [5.41, 5.74) is 1.66. The molecule has 2 heterocycles. The molecule has 108 valence electrons. The molecule has 0 saturated carbocycles. The van der Waals surface area contributed by atoms with Gasteiger partial charge in [0.2, 0.25) is 0 Å². The summed E-state index contributed by atoms with van der Waals surface area (Å²) < 4.78 is 0. The molecule has 8 heteroatoms. The molecule has 0 aliphatic rings.